The van der Waals surface area contributed by atoms with Crippen molar-refractivity contribution in [3.05, 3.63) is 65.6 Å². The van der Waals surface area contributed by atoms with Crippen molar-refractivity contribution in [1.29, 1.82) is 0 Å². The minimum absolute atomic E-state index is 0.0573. The van der Waals surface area contributed by atoms with Crippen LogP contribution < -0.4 is 4.90 Å². The molecule has 0 bridgehead atoms. The second-order valence-corrected chi connectivity index (χ2v) is 6.76. The Hall–Kier alpha value is -3.02. The lowest BCUT2D eigenvalue weighted by atomic mass is 10.2. The molecule has 138 valence electrons. The van der Waals surface area contributed by atoms with Crippen molar-refractivity contribution in [2.45, 2.75) is 13.3 Å². The summed E-state index contributed by atoms with van der Waals surface area (Å²) in [7, 11) is 0. The summed E-state index contributed by atoms with van der Waals surface area (Å²) >= 11 is 0. The fraction of sp³-hybridized carbons (Fsp3) is 0.286. The molecule has 3 aromatic rings. The highest BCUT2D eigenvalue weighted by atomic mass is 19.1. The Labute approximate surface area is 157 Å². The SMILES string of the molecule is Cc1nc2ccccc2nc1N1CCCN(C(=O)c2ccc(F)cc2)CC1. The van der Waals surface area contributed by atoms with Crippen LogP contribution in [0.5, 0.6) is 0 Å². The molecule has 0 saturated carbocycles. The van der Waals surface area contributed by atoms with Gasteiger partial charge in [-0.15, -0.1) is 0 Å². The third kappa shape index (κ3) is 3.60. The quantitative estimate of drug-likeness (QED) is 0.699. The van der Waals surface area contributed by atoms with Crippen LogP contribution in [0.25, 0.3) is 11.0 Å². The van der Waals surface area contributed by atoms with Gasteiger partial charge in [0.2, 0.25) is 0 Å². The van der Waals surface area contributed by atoms with Crippen LogP contribution in [0.3, 0.4) is 0 Å². The summed E-state index contributed by atoms with van der Waals surface area (Å²) in [5.74, 6) is 0.488. The van der Waals surface area contributed by atoms with Gasteiger partial charge in [-0.1, -0.05) is 12.1 Å². The van der Waals surface area contributed by atoms with Crippen LogP contribution in [0.4, 0.5) is 10.2 Å². The number of hydrogen-bond acceptors (Lipinski definition) is 4. The van der Waals surface area contributed by atoms with E-state index in [0.29, 0.717) is 25.2 Å². The van der Waals surface area contributed by atoms with Gasteiger partial charge in [0, 0.05) is 31.7 Å². The van der Waals surface area contributed by atoms with E-state index < -0.39 is 0 Å². The highest BCUT2D eigenvalue weighted by molar-refractivity contribution is 5.94. The molecule has 4 rings (SSSR count). The largest absolute Gasteiger partial charge is 0.353 e. The number of anilines is 1. The number of carbonyl (C=O) groups is 1. The maximum atomic E-state index is 13.1. The van der Waals surface area contributed by atoms with Crippen LogP contribution in [0.2, 0.25) is 0 Å². The fourth-order valence-corrected chi connectivity index (χ4v) is 3.49. The summed E-state index contributed by atoms with van der Waals surface area (Å²) in [6.07, 6.45) is 0.848. The lowest BCUT2D eigenvalue weighted by Crippen LogP contribution is -2.35. The first-order valence-electron chi connectivity index (χ1n) is 9.15. The number of aryl methyl sites for hydroxylation is 1. The van der Waals surface area contributed by atoms with Crippen LogP contribution in [0.15, 0.2) is 48.5 Å². The zero-order valence-electron chi connectivity index (χ0n) is 15.2. The molecule has 0 atom stereocenters. The molecule has 0 unspecified atom stereocenters. The smallest absolute Gasteiger partial charge is 0.253 e. The van der Waals surface area contributed by atoms with Crippen LogP contribution in [0, 0.1) is 12.7 Å². The molecule has 1 aliphatic rings. The first-order chi connectivity index (χ1) is 13.1. The van der Waals surface area contributed by atoms with Crippen molar-refractivity contribution < 1.29 is 9.18 Å². The first kappa shape index (κ1) is 17.4. The molecule has 0 spiro atoms. The second kappa shape index (κ2) is 7.31. The molecule has 2 aromatic carbocycles. The predicted octanol–water partition coefficient (Wildman–Crippen LogP) is 3.43. The van der Waals surface area contributed by atoms with E-state index in [1.54, 1.807) is 12.1 Å². The topological polar surface area (TPSA) is 49.3 Å². The van der Waals surface area contributed by atoms with E-state index in [4.69, 9.17) is 4.98 Å². The summed E-state index contributed by atoms with van der Waals surface area (Å²) in [6.45, 7) is 4.76. The Kier molecular flexibility index (Phi) is 4.71. The van der Waals surface area contributed by atoms with Gasteiger partial charge in [0.15, 0.2) is 5.82 Å². The molecule has 2 heterocycles. The zero-order chi connectivity index (χ0) is 18.8. The summed E-state index contributed by atoms with van der Waals surface area (Å²) in [6, 6.07) is 13.6. The van der Waals surface area contributed by atoms with Crippen molar-refractivity contribution in [1.82, 2.24) is 14.9 Å². The van der Waals surface area contributed by atoms with E-state index >= 15 is 0 Å². The Morgan fingerprint density at radius 2 is 1.63 bits per heavy atom. The number of rotatable bonds is 2. The molecule has 1 fully saturated rings. The van der Waals surface area contributed by atoms with Crippen molar-refractivity contribution in [3.63, 3.8) is 0 Å². The second-order valence-electron chi connectivity index (χ2n) is 6.76. The third-order valence-electron chi connectivity index (χ3n) is 4.89. The number of carbonyl (C=O) groups excluding carboxylic acids is 1. The molecule has 1 aromatic heterocycles. The molecule has 0 radical (unpaired) electrons. The predicted molar refractivity (Wildman–Crippen MR) is 103 cm³/mol. The Bertz CT molecular complexity index is 974. The number of nitrogens with zero attached hydrogens (tertiary/aromatic N) is 4. The summed E-state index contributed by atoms with van der Waals surface area (Å²) in [4.78, 5) is 26.2. The fourth-order valence-electron chi connectivity index (χ4n) is 3.49. The summed E-state index contributed by atoms with van der Waals surface area (Å²) < 4.78 is 13.1. The van der Waals surface area contributed by atoms with E-state index in [1.807, 2.05) is 36.1 Å². The van der Waals surface area contributed by atoms with E-state index in [-0.39, 0.29) is 11.7 Å². The maximum absolute atomic E-state index is 13.1. The van der Waals surface area contributed by atoms with Gasteiger partial charge in [0.05, 0.1) is 16.7 Å². The average molecular weight is 364 g/mol. The molecule has 0 N–H and O–H groups in total. The number of halogens is 1. The molecule has 27 heavy (non-hydrogen) atoms. The molecular weight excluding hydrogens is 343 g/mol. The lowest BCUT2D eigenvalue weighted by molar-refractivity contribution is 0.0767. The van der Waals surface area contributed by atoms with Crippen LogP contribution >= 0.6 is 0 Å². The van der Waals surface area contributed by atoms with Crippen LogP contribution in [0.1, 0.15) is 22.5 Å². The Morgan fingerprint density at radius 3 is 2.37 bits per heavy atom. The molecule has 0 aliphatic carbocycles. The monoisotopic (exact) mass is 364 g/mol. The number of aromatic nitrogens is 2. The van der Waals surface area contributed by atoms with Crippen molar-refractivity contribution >= 4 is 22.8 Å². The van der Waals surface area contributed by atoms with Crippen LogP contribution in [-0.2, 0) is 0 Å². The standard InChI is InChI=1S/C21H21FN4O/c1-15-20(24-19-6-3-2-5-18(19)23-15)25-11-4-12-26(14-13-25)21(27)16-7-9-17(22)10-8-16/h2-3,5-10H,4,11-14H2,1H3. The van der Waals surface area contributed by atoms with Crippen molar-refractivity contribution in [3.8, 4) is 0 Å². The van der Waals surface area contributed by atoms with Gasteiger partial charge in [-0.3, -0.25) is 4.79 Å². The van der Waals surface area contributed by atoms with Gasteiger partial charge in [-0.05, 0) is 49.7 Å². The maximum Gasteiger partial charge on any atom is 0.253 e. The Morgan fingerprint density at radius 1 is 0.926 bits per heavy atom. The summed E-state index contributed by atoms with van der Waals surface area (Å²) in [5.41, 5.74) is 3.18. The third-order valence-corrected chi connectivity index (χ3v) is 4.89. The average Bonchev–Trinajstić information content (AvgIpc) is 2.93. The summed E-state index contributed by atoms with van der Waals surface area (Å²) in [5, 5.41) is 0. The Balaban J connectivity index is 1.52. The first-order valence-corrected chi connectivity index (χ1v) is 9.15. The minimum Gasteiger partial charge on any atom is -0.353 e. The van der Waals surface area contributed by atoms with Crippen LogP contribution in [-0.4, -0.2) is 47.0 Å². The number of fused-ring (bicyclic) bond motifs is 1. The molecule has 1 amide bonds. The molecule has 5 nitrogen and oxygen atoms in total. The molecule has 6 heteroatoms. The normalized spacial score (nSPS) is 15.0. The van der Waals surface area contributed by atoms with Gasteiger partial charge in [-0.25, -0.2) is 14.4 Å². The van der Waals surface area contributed by atoms with Gasteiger partial charge >= 0.3 is 0 Å². The zero-order valence-corrected chi connectivity index (χ0v) is 15.2. The number of amides is 1. The lowest BCUT2D eigenvalue weighted by Gasteiger charge is -2.24. The van der Waals surface area contributed by atoms with Gasteiger partial charge in [-0.2, -0.15) is 0 Å². The van der Waals surface area contributed by atoms with E-state index in [1.165, 1.54) is 12.1 Å². The minimum atomic E-state index is -0.334. The highest BCUT2D eigenvalue weighted by Crippen LogP contribution is 2.21. The van der Waals surface area contributed by atoms with Gasteiger partial charge in [0.25, 0.3) is 5.91 Å². The van der Waals surface area contributed by atoms with Crippen molar-refractivity contribution in [2.75, 3.05) is 31.1 Å². The number of hydrogen-bond donors (Lipinski definition) is 0. The van der Waals surface area contributed by atoms with Gasteiger partial charge < -0.3 is 9.80 Å². The van der Waals surface area contributed by atoms with Crippen molar-refractivity contribution in [2.24, 2.45) is 0 Å². The van der Waals surface area contributed by atoms with Gasteiger partial charge in [0.1, 0.15) is 5.82 Å². The molecular formula is C21H21FN4O. The molecule has 1 saturated heterocycles. The number of para-hydroxylation sites is 2. The number of benzene rings is 2. The van der Waals surface area contributed by atoms with E-state index in [9.17, 15) is 9.18 Å². The van der Waals surface area contributed by atoms with E-state index in [2.05, 4.69) is 9.88 Å². The molecule has 1 aliphatic heterocycles. The van der Waals surface area contributed by atoms with E-state index in [0.717, 1.165) is 35.5 Å². The highest BCUT2D eigenvalue weighted by Gasteiger charge is 2.22.